The minimum absolute atomic E-state index is 0.0517. The van der Waals surface area contributed by atoms with Gasteiger partial charge >= 0.3 is 18.1 Å². The summed E-state index contributed by atoms with van der Waals surface area (Å²) >= 11 is 0. The molecule has 1 heterocycles. The van der Waals surface area contributed by atoms with Crippen molar-refractivity contribution in [2.75, 3.05) is 13.2 Å². The number of halogens is 3. The minimum Gasteiger partial charge on any atom is -0.461 e. The Bertz CT molecular complexity index is 742. The van der Waals surface area contributed by atoms with Crippen LogP contribution >= 0.6 is 0 Å². The highest BCUT2D eigenvalue weighted by Crippen LogP contribution is 2.32. The summed E-state index contributed by atoms with van der Waals surface area (Å²) in [5.74, 6) is -4.92. The highest BCUT2D eigenvalue weighted by Gasteiger charge is 2.42. The molecule has 0 aliphatic carbocycles. The zero-order chi connectivity index (χ0) is 21.3. The first-order valence-electron chi connectivity index (χ1n) is 7.99. The van der Waals surface area contributed by atoms with E-state index in [0.717, 1.165) is 6.92 Å². The van der Waals surface area contributed by atoms with E-state index in [1.54, 1.807) is 0 Å². The average Bonchev–Trinajstić information content (AvgIpc) is 3.03. The average molecular weight is 404 g/mol. The second-order valence-electron chi connectivity index (χ2n) is 5.36. The number of hydrogen-bond donors (Lipinski definition) is 1. The number of nitrogens with zero attached hydrogens (tertiary/aromatic N) is 1. The van der Waals surface area contributed by atoms with Crippen LogP contribution in [0.1, 0.15) is 35.0 Å². The molecule has 1 aromatic heterocycles. The van der Waals surface area contributed by atoms with E-state index in [0.29, 0.717) is 0 Å². The van der Waals surface area contributed by atoms with Crippen LogP contribution in [0.5, 0.6) is 0 Å². The van der Waals surface area contributed by atoms with Crippen molar-refractivity contribution in [1.29, 1.82) is 0 Å². The standard InChI is InChI=1S/C17H19F3N2O6/c1-4-8-26-12(23)7-6-11(16(25)27-9-5-2)22-15(24)13-14(17(18,19)20)28-10(3)21-13/h4-5,11H,1-2,6-9H2,3H3,(H,22,24)/t11-/m0/s1. The first-order valence-corrected chi connectivity index (χ1v) is 7.99. The number of aromatic nitrogens is 1. The molecule has 28 heavy (non-hydrogen) atoms. The summed E-state index contributed by atoms with van der Waals surface area (Å²) in [6, 6.07) is -1.41. The van der Waals surface area contributed by atoms with E-state index >= 15 is 0 Å². The second-order valence-corrected chi connectivity index (χ2v) is 5.36. The van der Waals surface area contributed by atoms with E-state index in [-0.39, 0.29) is 31.9 Å². The lowest BCUT2D eigenvalue weighted by Crippen LogP contribution is -2.43. The number of nitrogens with one attached hydrogen (secondary N) is 1. The molecule has 0 aromatic carbocycles. The van der Waals surface area contributed by atoms with Crippen LogP contribution in [0.3, 0.4) is 0 Å². The maximum absolute atomic E-state index is 13.0. The predicted octanol–water partition coefficient (Wildman–Crippen LogP) is 2.34. The van der Waals surface area contributed by atoms with Gasteiger partial charge in [-0.3, -0.25) is 9.59 Å². The van der Waals surface area contributed by atoms with Gasteiger partial charge in [0.25, 0.3) is 5.91 Å². The van der Waals surface area contributed by atoms with Crippen molar-refractivity contribution in [1.82, 2.24) is 10.3 Å². The van der Waals surface area contributed by atoms with Gasteiger partial charge < -0.3 is 19.2 Å². The summed E-state index contributed by atoms with van der Waals surface area (Å²) in [7, 11) is 0. The van der Waals surface area contributed by atoms with Crippen LogP contribution in [0.25, 0.3) is 0 Å². The van der Waals surface area contributed by atoms with Gasteiger partial charge in [0, 0.05) is 13.3 Å². The van der Waals surface area contributed by atoms with Gasteiger partial charge in [-0.25, -0.2) is 9.78 Å². The van der Waals surface area contributed by atoms with Gasteiger partial charge in [0.2, 0.25) is 5.76 Å². The molecule has 0 spiro atoms. The summed E-state index contributed by atoms with van der Waals surface area (Å²) in [6.45, 7) is 7.61. The Balaban J connectivity index is 2.94. The molecule has 8 nitrogen and oxygen atoms in total. The fourth-order valence-electron chi connectivity index (χ4n) is 1.98. The Labute approximate surface area is 158 Å². The van der Waals surface area contributed by atoms with E-state index in [1.165, 1.54) is 12.2 Å². The molecule has 0 aliphatic heterocycles. The molecule has 0 radical (unpaired) electrons. The fourth-order valence-corrected chi connectivity index (χ4v) is 1.98. The molecule has 0 aliphatic rings. The maximum atomic E-state index is 13.0. The van der Waals surface area contributed by atoms with E-state index in [1.807, 2.05) is 0 Å². The first kappa shape index (κ1) is 22.9. The molecule has 154 valence electrons. The van der Waals surface area contributed by atoms with E-state index in [9.17, 15) is 27.6 Å². The Kier molecular flexibility index (Phi) is 8.42. The summed E-state index contributed by atoms with van der Waals surface area (Å²) < 4.78 is 52.9. The zero-order valence-electron chi connectivity index (χ0n) is 15.0. The summed E-state index contributed by atoms with van der Waals surface area (Å²) in [4.78, 5) is 39.3. The van der Waals surface area contributed by atoms with Crippen LogP contribution in [0.15, 0.2) is 29.7 Å². The molecule has 0 bridgehead atoms. The van der Waals surface area contributed by atoms with Crippen LogP contribution in [-0.2, 0) is 25.2 Å². The van der Waals surface area contributed by atoms with Gasteiger partial charge in [0.05, 0.1) is 0 Å². The molecule has 0 fully saturated rings. The topological polar surface area (TPSA) is 108 Å². The molecule has 1 rings (SSSR count). The van der Waals surface area contributed by atoms with Crippen molar-refractivity contribution < 1.29 is 41.4 Å². The lowest BCUT2D eigenvalue weighted by atomic mass is 10.1. The van der Waals surface area contributed by atoms with Crippen molar-refractivity contribution in [3.63, 3.8) is 0 Å². The van der Waals surface area contributed by atoms with Crippen molar-refractivity contribution in [3.8, 4) is 0 Å². The molecule has 1 amide bonds. The number of hydrogen-bond acceptors (Lipinski definition) is 7. The lowest BCUT2D eigenvalue weighted by Gasteiger charge is -2.16. The van der Waals surface area contributed by atoms with Crippen molar-refractivity contribution in [2.24, 2.45) is 0 Å². The van der Waals surface area contributed by atoms with Crippen LogP contribution in [0.4, 0.5) is 13.2 Å². The number of oxazole rings is 1. The normalized spacial score (nSPS) is 12.0. The van der Waals surface area contributed by atoms with Crippen LogP contribution < -0.4 is 5.32 Å². The fraction of sp³-hybridized carbons (Fsp3) is 0.412. The summed E-state index contributed by atoms with van der Waals surface area (Å²) in [6.07, 6.45) is -2.93. The van der Waals surface area contributed by atoms with Gasteiger partial charge in [-0.15, -0.1) is 0 Å². The van der Waals surface area contributed by atoms with Gasteiger partial charge in [0.15, 0.2) is 11.6 Å². The number of ether oxygens (including phenoxy) is 2. The van der Waals surface area contributed by atoms with Gasteiger partial charge in [-0.05, 0) is 6.42 Å². The number of carbonyl (C=O) groups is 3. The number of aryl methyl sites for hydroxylation is 1. The quantitative estimate of drug-likeness (QED) is 0.471. The van der Waals surface area contributed by atoms with E-state index in [4.69, 9.17) is 9.47 Å². The Morgan fingerprint density at radius 2 is 1.82 bits per heavy atom. The Hall–Kier alpha value is -3.11. The second kappa shape index (κ2) is 10.3. The number of esters is 2. The van der Waals surface area contributed by atoms with Gasteiger partial charge in [0.1, 0.15) is 19.3 Å². The molecule has 0 unspecified atom stereocenters. The smallest absolute Gasteiger partial charge is 0.452 e. The third-order valence-corrected chi connectivity index (χ3v) is 3.14. The zero-order valence-corrected chi connectivity index (χ0v) is 15.0. The van der Waals surface area contributed by atoms with Gasteiger partial charge in [-0.2, -0.15) is 13.2 Å². The molecule has 11 heteroatoms. The van der Waals surface area contributed by atoms with Gasteiger partial charge in [-0.1, -0.05) is 25.3 Å². The monoisotopic (exact) mass is 404 g/mol. The predicted molar refractivity (Wildman–Crippen MR) is 89.0 cm³/mol. The number of carbonyl (C=O) groups excluding carboxylic acids is 3. The summed E-state index contributed by atoms with van der Waals surface area (Å²) in [5.41, 5.74) is -1.03. The lowest BCUT2D eigenvalue weighted by molar-refractivity contribution is -0.153. The highest BCUT2D eigenvalue weighted by atomic mass is 19.4. The number of alkyl halides is 3. The van der Waals surface area contributed by atoms with Crippen LogP contribution in [-0.4, -0.2) is 42.1 Å². The first-order chi connectivity index (χ1) is 13.1. The number of rotatable bonds is 10. The largest absolute Gasteiger partial charge is 0.461 e. The molecule has 1 atom stereocenters. The third-order valence-electron chi connectivity index (χ3n) is 3.14. The van der Waals surface area contributed by atoms with Crippen LogP contribution in [0, 0.1) is 6.92 Å². The minimum atomic E-state index is -4.96. The van der Waals surface area contributed by atoms with Crippen molar-refractivity contribution >= 4 is 17.8 Å². The molecule has 0 saturated heterocycles. The van der Waals surface area contributed by atoms with Crippen LogP contribution in [0.2, 0.25) is 0 Å². The number of amides is 1. The van der Waals surface area contributed by atoms with E-state index in [2.05, 4.69) is 27.9 Å². The molecular weight excluding hydrogens is 385 g/mol. The SMILES string of the molecule is C=CCOC(=O)CC[C@H](NC(=O)c1nc(C)oc1C(F)(F)F)C(=O)OCC=C. The molecule has 1 N–H and O–H groups in total. The molecular formula is C17H19F3N2O6. The van der Waals surface area contributed by atoms with E-state index < -0.39 is 41.5 Å². The molecule has 1 aromatic rings. The summed E-state index contributed by atoms with van der Waals surface area (Å²) in [5, 5.41) is 2.08. The van der Waals surface area contributed by atoms with Crippen molar-refractivity contribution in [3.05, 3.63) is 42.7 Å². The highest BCUT2D eigenvalue weighted by molar-refractivity contribution is 5.96. The maximum Gasteiger partial charge on any atom is 0.452 e. The Morgan fingerprint density at radius 3 is 2.39 bits per heavy atom. The van der Waals surface area contributed by atoms with Crippen molar-refractivity contribution in [2.45, 2.75) is 32.0 Å². The molecule has 0 saturated carbocycles. The third kappa shape index (κ3) is 6.89. The Morgan fingerprint density at radius 1 is 1.21 bits per heavy atom.